The number of β-amino-alcohol motifs (C(OH)–C–C–N with tert-alkyl or cyclic N) is 1. The van der Waals surface area contributed by atoms with Crippen molar-refractivity contribution >= 4 is 11.4 Å². The van der Waals surface area contributed by atoms with Crippen LogP contribution in [0, 0.1) is 17.1 Å². The average Bonchev–Trinajstić information content (AvgIpc) is 3.32. The maximum absolute atomic E-state index is 13.4. The number of piperidine rings is 1. The van der Waals surface area contributed by atoms with E-state index in [-0.39, 0.29) is 12.4 Å². The van der Waals surface area contributed by atoms with Gasteiger partial charge in [-0.15, -0.1) is 0 Å². The SMILES string of the molecule is N#CC1(c2ccccc2)CCN(CC(O)COc2ccc(N3COc4cc(F)ccc43)cc2)CC1. The average molecular weight is 474 g/mol. The number of fused-ring (bicyclic) bond motifs is 1. The van der Waals surface area contributed by atoms with Crippen molar-refractivity contribution in [2.45, 2.75) is 24.4 Å². The first kappa shape index (κ1) is 23.2. The number of anilines is 2. The lowest BCUT2D eigenvalue weighted by molar-refractivity contribution is 0.0553. The summed E-state index contributed by atoms with van der Waals surface area (Å²) in [5, 5.41) is 20.4. The van der Waals surface area contributed by atoms with E-state index in [0.29, 0.717) is 24.8 Å². The summed E-state index contributed by atoms with van der Waals surface area (Å²) < 4.78 is 24.8. The number of aliphatic hydroxyl groups is 1. The molecule has 0 aromatic heterocycles. The summed E-state index contributed by atoms with van der Waals surface area (Å²) in [7, 11) is 0. The molecule has 35 heavy (non-hydrogen) atoms. The normalized spacial score (nSPS) is 17.8. The lowest BCUT2D eigenvalue weighted by Gasteiger charge is -2.38. The Morgan fingerprint density at radius 3 is 2.51 bits per heavy atom. The van der Waals surface area contributed by atoms with E-state index in [1.807, 2.05) is 59.5 Å². The van der Waals surface area contributed by atoms with Crippen LogP contribution >= 0.6 is 0 Å². The zero-order valence-corrected chi connectivity index (χ0v) is 19.4. The third-order valence-corrected chi connectivity index (χ3v) is 6.87. The van der Waals surface area contributed by atoms with Crippen molar-refractivity contribution in [1.29, 1.82) is 5.26 Å². The number of nitriles is 1. The first-order valence-electron chi connectivity index (χ1n) is 11.9. The Morgan fingerprint density at radius 1 is 1.06 bits per heavy atom. The highest BCUT2D eigenvalue weighted by molar-refractivity contribution is 5.71. The second kappa shape index (κ2) is 9.95. The molecule has 1 fully saturated rings. The van der Waals surface area contributed by atoms with E-state index < -0.39 is 11.5 Å². The molecule has 1 atom stereocenters. The van der Waals surface area contributed by atoms with E-state index in [9.17, 15) is 14.8 Å². The zero-order chi connectivity index (χ0) is 24.3. The third-order valence-electron chi connectivity index (χ3n) is 6.87. The summed E-state index contributed by atoms with van der Waals surface area (Å²) in [5.74, 6) is 0.874. The molecule has 0 amide bonds. The molecule has 0 radical (unpaired) electrons. The van der Waals surface area contributed by atoms with Gasteiger partial charge in [0.1, 0.15) is 30.0 Å². The molecule has 5 rings (SSSR count). The second-order valence-corrected chi connectivity index (χ2v) is 9.13. The number of hydrogen-bond acceptors (Lipinski definition) is 6. The molecule has 3 aromatic carbocycles. The van der Waals surface area contributed by atoms with E-state index in [1.54, 1.807) is 6.07 Å². The first-order chi connectivity index (χ1) is 17.1. The lowest BCUT2D eigenvalue weighted by Crippen LogP contribution is -2.45. The lowest BCUT2D eigenvalue weighted by atomic mass is 9.74. The number of likely N-dealkylation sites (tertiary alicyclic amines) is 1. The fourth-order valence-corrected chi connectivity index (χ4v) is 4.85. The van der Waals surface area contributed by atoms with Gasteiger partial charge in [0.05, 0.1) is 17.2 Å². The van der Waals surface area contributed by atoms with Crippen LogP contribution < -0.4 is 14.4 Å². The summed E-state index contributed by atoms with van der Waals surface area (Å²) in [6.45, 7) is 2.54. The molecule has 0 bridgehead atoms. The number of nitrogens with zero attached hydrogens (tertiary/aromatic N) is 3. The number of ether oxygens (including phenoxy) is 2. The standard InChI is InChI=1S/C28H28FN3O3/c29-22-6-11-26-27(16-22)35-20-32(26)23-7-9-25(10-8-23)34-18-24(33)17-31-14-12-28(19-30,13-15-31)21-4-2-1-3-5-21/h1-11,16,24,33H,12-15,17-18,20H2. The summed E-state index contributed by atoms with van der Waals surface area (Å²) in [5.41, 5.74) is 2.36. The Kier molecular flexibility index (Phi) is 6.58. The van der Waals surface area contributed by atoms with Gasteiger partial charge in [-0.1, -0.05) is 30.3 Å². The monoisotopic (exact) mass is 473 g/mol. The summed E-state index contributed by atoms with van der Waals surface area (Å²) in [4.78, 5) is 4.16. The van der Waals surface area contributed by atoms with Gasteiger partial charge in [0.15, 0.2) is 6.73 Å². The number of aliphatic hydroxyl groups excluding tert-OH is 1. The molecular weight excluding hydrogens is 445 g/mol. The van der Waals surface area contributed by atoms with Crippen molar-refractivity contribution in [3.05, 3.63) is 84.2 Å². The quantitative estimate of drug-likeness (QED) is 0.541. The summed E-state index contributed by atoms with van der Waals surface area (Å²) in [6.07, 6.45) is 0.867. The van der Waals surface area contributed by atoms with E-state index in [4.69, 9.17) is 9.47 Å². The van der Waals surface area contributed by atoms with Gasteiger partial charge in [-0.05, 0) is 54.8 Å². The van der Waals surface area contributed by atoms with E-state index in [0.717, 1.165) is 42.9 Å². The fourth-order valence-electron chi connectivity index (χ4n) is 4.85. The largest absolute Gasteiger partial charge is 0.491 e. The van der Waals surface area contributed by atoms with Crippen molar-refractivity contribution in [3.8, 4) is 17.6 Å². The minimum atomic E-state index is -0.630. The molecule has 1 saturated heterocycles. The van der Waals surface area contributed by atoms with Crippen molar-refractivity contribution < 1.29 is 19.0 Å². The molecule has 3 aromatic rings. The van der Waals surface area contributed by atoms with E-state index in [1.165, 1.54) is 12.1 Å². The van der Waals surface area contributed by atoms with Gasteiger partial charge in [-0.25, -0.2) is 4.39 Å². The number of halogens is 1. The Morgan fingerprint density at radius 2 is 1.80 bits per heavy atom. The predicted molar refractivity (Wildman–Crippen MR) is 131 cm³/mol. The molecular formula is C28H28FN3O3. The van der Waals surface area contributed by atoms with Gasteiger partial charge in [0.2, 0.25) is 0 Å². The molecule has 0 aliphatic carbocycles. The van der Waals surface area contributed by atoms with Crippen LogP contribution in [0.25, 0.3) is 0 Å². The Labute approximate surface area is 204 Å². The van der Waals surface area contributed by atoms with Crippen LogP contribution in [0.3, 0.4) is 0 Å². The van der Waals surface area contributed by atoms with Crippen LogP contribution in [-0.2, 0) is 5.41 Å². The van der Waals surface area contributed by atoms with Gasteiger partial charge in [0, 0.05) is 31.4 Å². The van der Waals surface area contributed by atoms with Crippen LogP contribution in [-0.4, -0.2) is 49.1 Å². The minimum Gasteiger partial charge on any atom is -0.491 e. The molecule has 6 nitrogen and oxygen atoms in total. The summed E-state index contributed by atoms with van der Waals surface area (Å²) in [6, 6.07) is 24.6. The topological polar surface area (TPSA) is 69.0 Å². The predicted octanol–water partition coefficient (Wildman–Crippen LogP) is 4.61. The second-order valence-electron chi connectivity index (χ2n) is 9.13. The number of benzene rings is 3. The van der Waals surface area contributed by atoms with Gasteiger partial charge in [0.25, 0.3) is 0 Å². The summed E-state index contributed by atoms with van der Waals surface area (Å²) >= 11 is 0. The minimum absolute atomic E-state index is 0.187. The molecule has 180 valence electrons. The van der Waals surface area contributed by atoms with Crippen molar-refractivity contribution in [3.63, 3.8) is 0 Å². The van der Waals surface area contributed by atoms with Crippen LogP contribution in [0.2, 0.25) is 0 Å². The number of rotatable bonds is 7. The van der Waals surface area contributed by atoms with Gasteiger partial charge >= 0.3 is 0 Å². The molecule has 2 aliphatic heterocycles. The Balaban J connectivity index is 1.11. The number of hydrogen-bond donors (Lipinski definition) is 1. The molecule has 2 heterocycles. The van der Waals surface area contributed by atoms with Crippen molar-refractivity contribution in [2.75, 3.05) is 37.9 Å². The molecule has 1 N–H and O–H groups in total. The van der Waals surface area contributed by atoms with Gasteiger partial charge < -0.3 is 24.4 Å². The van der Waals surface area contributed by atoms with Crippen LogP contribution in [0.15, 0.2) is 72.8 Å². The van der Waals surface area contributed by atoms with Crippen molar-refractivity contribution in [1.82, 2.24) is 4.90 Å². The highest BCUT2D eigenvalue weighted by atomic mass is 19.1. The molecule has 1 unspecified atom stereocenters. The highest BCUT2D eigenvalue weighted by Gasteiger charge is 2.36. The molecule has 7 heteroatoms. The zero-order valence-electron chi connectivity index (χ0n) is 19.4. The van der Waals surface area contributed by atoms with E-state index >= 15 is 0 Å². The van der Waals surface area contributed by atoms with E-state index in [2.05, 4.69) is 11.0 Å². The van der Waals surface area contributed by atoms with Crippen molar-refractivity contribution in [2.24, 2.45) is 0 Å². The molecule has 2 aliphatic rings. The van der Waals surface area contributed by atoms with Crippen LogP contribution in [0.1, 0.15) is 18.4 Å². The maximum atomic E-state index is 13.4. The van der Waals surface area contributed by atoms with Gasteiger partial charge in [-0.2, -0.15) is 5.26 Å². The Bertz CT molecular complexity index is 1190. The Hall–Kier alpha value is -3.60. The first-order valence-corrected chi connectivity index (χ1v) is 11.9. The molecule has 0 saturated carbocycles. The highest BCUT2D eigenvalue weighted by Crippen LogP contribution is 2.39. The maximum Gasteiger partial charge on any atom is 0.165 e. The smallest absolute Gasteiger partial charge is 0.165 e. The molecule has 0 spiro atoms. The van der Waals surface area contributed by atoms with Crippen LogP contribution in [0.5, 0.6) is 11.5 Å². The third kappa shape index (κ3) is 4.95. The fraction of sp³-hybridized carbons (Fsp3) is 0.321. The van der Waals surface area contributed by atoms with Gasteiger partial charge in [-0.3, -0.25) is 0 Å². The van der Waals surface area contributed by atoms with Crippen LogP contribution in [0.4, 0.5) is 15.8 Å².